The van der Waals surface area contributed by atoms with Crippen molar-refractivity contribution in [1.29, 1.82) is 0 Å². The normalized spacial score (nSPS) is 21.6. The highest BCUT2D eigenvalue weighted by Gasteiger charge is 2.18. The van der Waals surface area contributed by atoms with E-state index in [-0.39, 0.29) is 6.03 Å². The Morgan fingerprint density at radius 2 is 2.04 bits per heavy atom. The first-order valence-corrected chi connectivity index (χ1v) is 10.3. The molecule has 2 heterocycles. The molecule has 1 unspecified atom stereocenters. The lowest BCUT2D eigenvalue weighted by atomic mass is 10.0. The number of likely N-dealkylation sites (tertiary alicyclic amines) is 1. The van der Waals surface area contributed by atoms with Gasteiger partial charge in [-0.1, -0.05) is 18.0 Å². The van der Waals surface area contributed by atoms with Crippen LogP contribution in [0.2, 0.25) is 5.02 Å². The maximum absolute atomic E-state index is 12.3. The number of benzene rings is 1. The van der Waals surface area contributed by atoms with Crippen molar-refractivity contribution in [1.82, 2.24) is 15.5 Å². The summed E-state index contributed by atoms with van der Waals surface area (Å²) in [5.41, 5.74) is 2.15. The van der Waals surface area contributed by atoms with Gasteiger partial charge < -0.3 is 25.2 Å². The minimum absolute atomic E-state index is 0.116. The molecule has 150 valence electrons. The number of urea groups is 1. The second-order valence-electron chi connectivity index (χ2n) is 7.56. The zero-order valence-corrected chi connectivity index (χ0v) is 16.9. The smallest absolute Gasteiger partial charge is 0.315 e. The molecular formula is C20H31ClN4O2. The molecule has 2 aliphatic heterocycles. The topological polar surface area (TPSA) is 56.8 Å². The largest absolute Gasteiger partial charge is 0.378 e. The third kappa shape index (κ3) is 6.26. The van der Waals surface area contributed by atoms with Crippen molar-refractivity contribution in [3.05, 3.63) is 28.8 Å². The molecule has 2 N–H and O–H groups in total. The molecule has 2 saturated heterocycles. The minimum Gasteiger partial charge on any atom is -0.378 e. The Morgan fingerprint density at radius 1 is 1.22 bits per heavy atom. The number of anilines is 1. The summed E-state index contributed by atoms with van der Waals surface area (Å²) in [6, 6.07) is 5.75. The number of hydrogen-bond donors (Lipinski definition) is 2. The Balaban J connectivity index is 1.51. The lowest BCUT2D eigenvalue weighted by Gasteiger charge is -2.30. The Bertz CT molecular complexity index is 622. The van der Waals surface area contributed by atoms with Crippen LogP contribution in [0.1, 0.15) is 24.8 Å². The molecule has 6 nitrogen and oxygen atoms in total. The van der Waals surface area contributed by atoms with Gasteiger partial charge >= 0.3 is 6.03 Å². The highest BCUT2D eigenvalue weighted by atomic mass is 35.5. The van der Waals surface area contributed by atoms with Gasteiger partial charge in [-0.15, -0.1) is 0 Å². The molecule has 0 spiro atoms. The lowest BCUT2D eigenvalue weighted by Crippen LogP contribution is -2.40. The summed E-state index contributed by atoms with van der Waals surface area (Å²) in [5, 5.41) is 6.72. The van der Waals surface area contributed by atoms with Crippen molar-refractivity contribution in [3.8, 4) is 0 Å². The summed E-state index contributed by atoms with van der Waals surface area (Å²) in [5.74, 6) is 0.526. The van der Waals surface area contributed by atoms with Gasteiger partial charge in [-0.3, -0.25) is 0 Å². The number of nitrogens with one attached hydrogen (secondary N) is 2. The fourth-order valence-electron chi connectivity index (χ4n) is 3.89. The van der Waals surface area contributed by atoms with E-state index in [9.17, 15) is 4.79 Å². The molecule has 1 atom stereocenters. The van der Waals surface area contributed by atoms with Gasteiger partial charge in [-0.05, 0) is 56.1 Å². The average Bonchev–Trinajstić information content (AvgIpc) is 2.89. The summed E-state index contributed by atoms with van der Waals surface area (Å²) in [6.07, 6.45) is 3.67. The zero-order valence-electron chi connectivity index (χ0n) is 16.2. The quantitative estimate of drug-likeness (QED) is 0.806. The van der Waals surface area contributed by atoms with Crippen LogP contribution in [0.25, 0.3) is 0 Å². The van der Waals surface area contributed by atoms with E-state index in [2.05, 4.69) is 27.5 Å². The Labute approximate surface area is 167 Å². The molecule has 0 radical (unpaired) electrons. The maximum atomic E-state index is 12.3. The van der Waals surface area contributed by atoms with Crippen LogP contribution >= 0.6 is 11.6 Å². The molecular weight excluding hydrogens is 364 g/mol. The van der Waals surface area contributed by atoms with Crippen molar-refractivity contribution < 1.29 is 9.53 Å². The number of rotatable bonds is 5. The Morgan fingerprint density at radius 3 is 2.85 bits per heavy atom. The van der Waals surface area contributed by atoms with E-state index in [1.807, 2.05) is 18.2 Å². The number of ether oxygens (including phenoxy) is 1. The van der Waals surface area contributed by atoms with Gasteiger partial charge in [0.25, 0.3) is 0 Å². The molecule has 27 heavy (non-hydrogen) atoms. The van der Waals surface area contributed by atoms with Crippen molar-refractivity contribution in [2.45, 2.75) is 25.8 Å². The predicted octanol–water partition coefficient (Wildman–Crippen LogP) is 2.71. The van der Waals surface area contributed by atoms with Crippen LogP contribution in [0, 0.1) is 5.92 Å². The van der Waals surface area contributed by atoms with E-state index >= 15 is 0 Å². The number of carbonyl (C=O) groups is 1. The van der Waals surface area contributed by atoms with Crippen molar-refractivity contribution in [2.24, 2.45) is 5.92 Å². The van der Waals surface area contributed by atoms with Gasteiger partial charge in [0, 0.05) is 43.4 Å². The SMILES string of the molecule is CN1CCCCC(CNC(=O)NCc2cc(Cl)ccc2N2CCOCC2)C1. The summed E-state index contributed by atoms with van der Waals surface area (Å²) < 4.78 is 5.44. The van der Waals surface area contributed by atoms with E-state index in [0.717, 1.165) is 57.2 Å². The molecule has 1 aromatic rings. The highest BCUT2D eigenvalue weighted by Crippen LogP contribution is 2.25. The first-order valence-electron chi connectivity index (χ1n) is 9.93. The maximum Gasteiger partial charge on any atom is 0.315 e. The lowest BCUT2D eigenvalue weighted by molar-refractivity contribution is 0.122. The summed E-state index contributed by atoms with van der Waals surface area (Å²) >= 11 is 6.19. The monoisotopic (exact) mass is 394 g/mol. The molecule has 2 amide bonds. The molecule has 0 bridgehead atoms. The fourth-order valence-corrected chi connectivity index (χ4v) is 4.08. The van der Waals surface area contributed by atoms with Crippen molar-refractivity contribution in [3.63, 3.8) is 0 Å². The molecule has 3 rings (SSSR count). The van der Waals surface area contributed by atoms with Crippen LogP contribution in [-0.4, -0.2) is 63.9 Å². The first kappa shape index (κ1) is 20.2. The number of hydrogen-bond acceptors (Lipinski definition) is 4. The second-order valence-corrected chi connectivity index (χ2v) is 8.00. The van der Waals surface area contributed by atoms with Gasteiger partial charge in [0.15, 0.2) is 0 Å². The van der Waals surface area contributed by atoms with E-state index in [1.54, 1.807) is 0 Å². The molecule has 7 heteroatoms. The van der Waals surface area contributed by atoms with Crippen molar-refractivity contribution >= 4 is 23.3 Å². The van der Waals surface area contributed by atoms with Crippen LogP contribution < -0.4 is 15.5 Å². The number of amides is 2. The van der Waals surface area contributed by atoms with Gasteiger partial charge in [0.05, 0.1) is 13.2 Å². The highest BCUT2D eigenvalue weighted by molar-refractivity contribution is 6.30. The van der Waals surface area contributed by atoms with E-state index < -0.39 is 0 Å². The summed E-state index contributed by atoms with van der Waals surface area (Å²) in [4.78, 5) is 16.9. The third-order valence-electron chi connectivity index (χ3n) is 5.36. The molecule has 1 aromatic carbocycles. The van der Waals surface area contributed by atoms with Gasteiger partial charge in [0.2, 0.25) is 0 Å². The minimum atomic E-state index is -0.116. The number of halogens is 1. The predicted molar refractivity (Wildman–Crippen MR) is 110 cm³/mol. The molecule has 2 fully saturated rings. The number of nitrogens with zero attached hydrogens (tertiary/aromatic N) is 2. The fraction of sp³-hybridized carbons (Fsp3) is 0.650. The van der Waals surface area contributed by atoms with Gasteiger partial charge in [0.1, 0.15) is 0 Å². The molecule has 2 aliphatic rings. The van der Waals surface area contributed by atoms with Crippen LogP contribution in [0.15, 0.2) is 18.2 Å². The first-order chi connectivity index (χ1) is 13.1. The Hall–Kier alpha value is -1.50. The summed E-state index contributed by atoms with van der Waals surface area (Å²) in [7, 11) is 2.16. The third-order valence-corrected chi connectivity index (χ3v) is 5.59. The number of morpholine rings is 1. The zero-order chi connectivity index (χ0) is 19.1. The molecule has 0 saturated carbocycles. The second kappa shape index (κ2) is 10.2. The van der Waals surface area contributed by atoms with E-state index in [1.165, 1.54) is 19.3 Å². The van der Waals surface area contributed by atoms with Crippen LogP contribution in [0.3, 0.4) is 0 Å². The average molecular weight is 395 g/mol. The van der Waals surface area contributed by atoms with Crippen LogP contribution in [0.4, 0.5) is 10.5 Å². The van der Waals surface area contributed by atoms with Crippen molar-refractivity contribution in [2.75, 3.05) is 57.9 Å². The number of carbonyl (C=O) groups excluding carboxylic acids is 1. The van der Waals surface area contributed by atoms with Gasteiger partial charge in [-0.2, -0.15) is 0 Å². The molecule has 0 aliphatic carbocycles. The van der Waals surface area contributed by atoms with Crippen LogP contribution in [-0.2, 0) is 11.3 Å². The molecule has 0 aromatic heterocycles. The summed E-state index contributed by atoms with van der Waals surface area (Å²) in [6.45, 7) is 6.56. The van der Waals surface area contributed by atoms with E-state index in [4.69, 9.17) is 16.3 Å². The Kier molecular flexibility index (Phi) is 7.61. The van der Waals surface area contributed by atoms with Gasteiger partial charge in [-0.25, -0.2) is 4.79 Å². The van der Waals surface area contributed by atoms with Crippen LogP contribution in [0.5, 0.6) is 0 Å². The van der Waals surface area contributed by atoms with E-state index in [0.29, 0.717) is 17.5 Å². The standard InChI is InChI=1S/C20H31ClN4O2/c1-24-7-3-2-4-16(15-24)13-22-20(26)23-14-17-12-18(21)5-6-19(17)25-8-10-27-11-9-25/h5-6,12,16H,2-4,7-11,13-15H2,1H3,(H2,22,23,26).